The van der Waals surface area contributed by atoms with Gasteiger partial charge in [0.05, 0.1) is 0 Å². The van der Waals surface area contributed by atoms with Crippen molar-refractivity contribution in [1.29, 1.82) is 0 Å². The highest BCUT2D eigenvalue weighted by atomic mass is 19.2. The number of halogens is 2. The molecule has 2 saturated carbocycles. The second-order valence-electron chi connectivity index (χ2n) is 8.38. The SMILES string of the molecule is CC1CCC(C2CC=C(C3CCC(C)C(F)[C@@H]3F)CC2)CC1. The van der Waals surface area contributed by atoms with Gasteiger partial charge in [0.25, 0.3) is 0 Å². The van der Waals surface area contributed by atoms with Crippen LogP contribution in [0, 0.1) is 29.6 Å². The number of hydrogen-bond acceptors (Lipinski definition) is 0. The van der Waals surface area contributed by atoms with Crippen molar-refractivity contribution in [1.82, 2.24) is 0 Å². The fraction of sp³-hybridized carbons (Fsp3) is 0.900. The molecule has 0 aromatic rings. The Morgan fingerprint density at radius 2 is 1.55 bits per heavy atom. The lowest BCUT2D eigenvalue weighted by Crippen LogP contribution is -2.38. The molecule has 0 aromatic heterocycles. The van der Waals surface area contributed by atoms with E-state index in [2.05, 4.69) is 13.0 Å². The van der Waals surface area contributed by atoms with E-state index in [9.17, 15) is 8.78 Å². The Labute approximate surface area is 134 Å². The maximum atomic E-state index is 14.4. The Bertz CT molecular complexity index is 395. The first-order chi connectivity index (χ1) is 10.6. The molecule has 0 amide bonds. The van der Waals surface area contributed by atoms with Gasteiger partial charge in [-0.15, -0.1) is 0 Å². The van der Waals surface area contributed by atoms with Gasteiger partial charge in [0.1, 0.15) is 12.3 Å². The van der Waals surface area contributed by atoms with Crippen LogP contribution in [0.1, 0.15) is 71.6 Å². The van der Waals surface area contributed by atoms with Crippen molar-refractivity contribution in [2.45, 2.75) is 84.0 Å². The van der Waals surface area contributed by atoms with Crippen LogP contribution in [0.2, 0.25) is 0 Å². The Morgan fingerprint density at radius 1 is 0.818 bits per heavy atom. The first kappa shape index (κ1) is 16.5. The Hall–Kier alpha value is -0.400. The molecule has 3 aliphatic carbocycles. The van der Waals surface area contributed by atoms with E-state index in [4.69, 9.17) is 0 Å². The summed E-state index contributed by atoms with van der Waals surface area (Å²) in [4.78, 5) is 0. The normalized spacial score (nSPS) is 47.1. The zero-order chi connectivity index (χ0) is 15.7. The van der Waals surface area contributed by atoms with Crippen molar-refractivity contribution in [3.63, 3.8) is 0 Å². The van der Waals surface area contributed by atoms with Crippen molar-refractivity contribution in [3.8, 4) is 0 Å². The van der Waals surface area contributed by atoms with Gasteiger partial charge in [-0.3, -0.25) is 0 Å². The van der Waals surface area contributed by atoms with Crippen LogP contribution in [0.25, 0.3) is 0 Å². The molecule has 0 spiro atoms. The van der Waals surface area contributed by atoms with E-state index >= 15 is 0 Å². The van der Waals surface area contributed by atoms with Gasteiger partial charge < -0.3 is 0 Å². The molecule has 5 atom stereocenters. The summed E-state index contributed by atoms with van der Waals surface area (Å²) in [5.74, 6) is 2.36. The summed E-state index contributed by atoms with van der Waals surface area (Å²) >= 11 is 0. The lowest BCUT2D eigenvalue weighted by atomic mass is 9.68. The highest BCUT2D eigenvalue weighted by molar-refractivity contribution is 5.15. The molecule has 0 bridgehead atoms. The molecule has 0 N–H and O–H groups in total. The minimum Gasteiger partial charge on any atom is -0.244 e. The first-order valence-electron chi connectivity index (χ1n) is 9.53. The molecular weight excluding hydrogens is 278 g/mol. The van der Waals surface area contributed by atoms with Crippen LogP contribution in [0.4, 0.5) is 8.78 Å². The zero-order valence-electron chi connectivity index (χ0n) is 14.2. The largest absolute Gasteiger partial charge is 0.244 e. The maximum absolute atomic E-state index is 14.4. The van der Waals surface area contributed by atoms with Crippen molar-refractivity contribution in [3.05, 3.63) is 11.6 Å². The minimum absolute atomic E-state index is 0.104. The predicted molar refractivity (Wildman–Crippen MR) is 88.2 cm³/mol. The molecule has 0 aliphatic heterocycles. The van der Waals surface area contributed by atoms with E-state index < -0.39 is 12.3 Å². The molecule has 22 heavy (non-hydrogen) atoms. The topological polar surface area (TPSA) is 0 Å². The first-order valence-corrected chi connectivity index (χ1v) is 9.53. The second kappa shape index (κ2) is 7.01. The molecule has 0 aromatic carbocycles. The quantitative estimate of drug-likeness (QED) is 0.528. The molecule has 2 heteroatoms. The van der Waals surface area contributed by atoms with Gasteiger partial charge in [0.15, 0.2) is 0 Å². The molecule has 0 saturated heterocycles. The smallest absolute Gasteiger partial charge is 0.138 e. The van der Waals surface area contributed by atoms with Crippen molar-refractivity contribution in [2.75, 3.05) is 0 Å². The van der Waals surface area contributed by atoms with Crippen LogP contribution in [-0.2, 0) is 0 Å². The minimum atomic E-state index is -1.26. The maximum Gasteiger partial charge on any atom is 0.138 e. The number of allylic oxidation sites excluding steroid dienone is 2. The van der Waals surface area contributed by atoms with Crippen molar-refractivity contribution < 1.29 is 8.78 Å². The van der Waals surface area contributed by atoms with Gasteiger partial charge >= 0.3 is 0 Å². The molecule has 3 rings (SSSR count). The van der Waals surface area contributed by atoms with Crippen LogP contribution in [0.15, 0.2) is 11.6 Å². The van der Waals surface area contributed by atoms with Crippen LogP contribution in [0.3, 0.4) is 0 Å². The molecule has 126 valence electrons. The highest BCUT2D eigenvalue weighted by Gasteiger charge is 2.40. The van der Waals surface area contributed by atoms with Crippen molar-refractivity contribution >= 4 is 0 Å². The molecule has 0 radical (unpaired) electrons. The number of rotatable bonds is 2. The van der Waals surface area contributed by atoms with Gasteiger partial charge in [0, 0.05) is 5.92 Å². The van der Waals surface area contributed by atoms with Crippen LogP contribution in [-0.4, -0.2) is 12.3 Å². The number of hydrogen-bond donors (Lipinski definition) is 0. The average Bonchev–Trinajstić information content (AvgIpc) is 2.54. The summed E-state index contributed by atoms with van der Waals surface area (Å²) in [6, 6.07) is 0. The molecule has 0 nitrogen and oxygen atoms in total. The molecule has 0 heterocycles. The van der Waals surface area contributed by atoms with Gasteiger partial charge in [-0.2, -0.15) is 0 Å². The highest BCUT2D eigenvalue weighted by Crippen LogP contribution is 2.44. The Balaban J connectivity index is 1.57. The lowest BCUT2D eigenvalue weighted by molar-refractivity contribution is 0.0402. The summed E-state index contributed by atoms with van der Waals surface area (Å²) in [5.41, 5.74) is 1.24. The van der Waals surface area contributed by atoms with Crippen LogP contribution >= 0.6 is 0 Å². The predicted octanol–water partition coefficient (Wildman–Crippen LogP) is 6.26. The van der Waals surface area contributed by atoms with Gasteiger partial charge in [-0.1, -0.05) is 38.3 Å². The Morgan fingerprint density at radius 3 is 2.18 bits per heavy atom. The number of alkyl halides is 2. The van der Waals surface area contributed by atoms with E-state index in [-0.39, 0.29) is 11.8 Å². The van der Waals surface area contributed by atoms with Crippen LogP contribution < -0.4 is 0 Å². The summed E-state index contributed by atoms with van der Waals surface area (Å²) in [6.45, 7) is 4.22. The monoisotopic (exact) mass is 310 g/mol. The summed E-state index contributed by atoms with van der Waals surface area (Å²) in [5, 5.41) is 0. The molecular formula is C20H32F2. The van der Waals surface area contributed by atoms with E-state index in [1.54, 1.807) is 0 Å². The van der Waals surface area contributed by atoms with Gasteiger partial charge in [-0.25, -0.2) is 8.78 Å². The van der Waals surface area contributed by atoms with E-state index in [1.165, 1.54) is 37.7 Å². The average molecular weight is 310 g/mol. The summed E-state index contributed by atoms with van der Waals surface area (Å²) in [7, 11) is 0. The van der Waals surface area contributed by atoms with Crippen molar-refractivity contribution in [2.24, 2.45) is 29.6 Å². The molecule has 3 aliphatic rings. The van der Waals surface area contributed by atoms with Gasteiger partial charge in [0.2, 0.25) is 0 Å². The lowest BCUT2D eigenvalue weighted by Gasteiger charge is -2.38. The third kappa shape index (κ3) is 3.41. The fourth-order valence-electron chi connectivity index (χ4n) is 5.08. The van der Waals surface area contributed by atoms with E-state index in [0.29, 0.717) is 0 Å². The molecule has 4 unspecified atom stereocenters. The summed E-state index contributed by atoms with van der Waals surface area (Å²) < 4.78 is 28.3. The zero-order valence-corrected chi connectivity index (χ0v) is 14.2. The summed E-state index contributed by atoms with van der Waals surface area (Å²) in [6.07, 6.45) is 10.3. The van der Waals surface area contributed by atoms with Gasteiger partial charge in [-0.05, 0) is 68.6 Å². The standard InChI is InChI=1S/C20H32F2/c1-13-3-6-15(7-4-13)16-8-10-17(11-9-16)18-12-5-14(2)19(21)20(18)22/h10,13-16,18-20H,3-9,11-12H2,1-2H3/t13?,14?,15?,16?,18?,19?,20-/m1/s1. The van der Waals surface area contributed by atoms with Crippen LogP contribution in [0.5, 0.6) is 0 Å². The van der Waals surface area contributed by atoms with E-state index in [0.717, 1.165) is 43.4 Å². The van der Waals surface area contributed by atoms with E-state index in [1.807, 2.05) is 6.92 Å². The molecule has 2 fully saturated rings. The second-order valence-corrected chi connectivity index (χ2v) is 8.38. The third-order valence-electron chi connectivity index (χ3n) is 6.86. The fourth-order valence-corrected chi connectivity index (χ4v) is 5.08. The Kier molecular flexibility index (Phi) is 5.24. The third-order valence-corrected chi connectivity index (χ3v) is 6.86.